The van der Waals surface area contributed by atoms with E-state index in [0.717, 1.165) is 0 Å². The predicted molar refractivity (Wildman–Crippen MR) is 72.2 cm³/mol. The van der Waals surface area contributed by atoms with Gasteiger partial charge < -0.3 is 25.6 Å². The van der Waals surface area contributed by atoms with E-state index in [0.29, 0.717) is 23.6 Å². The molecule has 0 saturated carbocycles. The fourth-order valence-electron chi connectivity index (χ4n) is 1.57. The SMILES string of the molecule is CCOc1cc(N)cc(C(=O)NCC(O)COC)c1. The van der Waals surface area contributed by atoms with Crippen molar-refractivity contribution < 1.29 is 19.4 Å². The van der Waals surface area contributed by atoms with Crippen LogP contribution in [0.3, 0.4) is 0 Å². The Bertz CT molecular complexity index is 423. The molecule has 0 fully saturated rings. The van der Waals surface area contributed by atoms with Gasteiger partial charge in [0.1, 0.15) is 5.75 Å². The number of carbonyl (C=O) groups is 1. The molecule has 1 aromatic rings. The predicted octanol–water partition coefficient (Wildman–Crippen LogP) is 0.405. The number of nitrogens with two attached hydrogens (primary N) is 1. The molecule has 0 saturated heterocycles. The van der Waals surface area contributed by atoms with Gasteiger partial charge in [0.05, 0.1) is 19.3 Å². The highest BCUT2D eigenvalue weighted by molar-refractivity contribution is 5.95. The largest absolute Gasteiger partial charge is 0.494 e. The Hall–Kier alpha value is -1.79. The number of carbonyl (C=O) groups excluding carboxylic acids is 1. The van der Waals surface area contributed by atoms with E-state index in [1.165, 1.54) is 7.11 Å². The second-order valence-corrected chi connectivity index (χ2v) is 4.04. The summed E-state index contributed by atoms with van der Waals surface area (Å²) in [6, 6.07) is 4.82. The van der Waals surface area contributed by atoms with Crippen molar-refractivity contribution in [2.24, 2.45) is 0 Å². The van der Waals surface area contributed by atoms with Crippen LogP contribution in [0.2, 0.25) is 0 Å². The summed E-state index contributed by atoms with van der Waals surface area (Å²) in [5.74, 6) is 0.230. The summed E-state index contributed by atoms with van der Waals surface area (Å²) in [4.78, 5) is 11.9. The first-order chi connectivity index (χ1) is 9.06. The van der Waals surface area contributed by atoms with Gasteiger partial charge in [-0.1, -0.05) is 0 Å². The number of nitrogen functional groups attached to an aromatic ring is 1. The maximum Gasteiger partial charge on any atom is 0.251 e. The Labute approximate surface area is 112 Å². The van der Waals surface area contributed by atoms with Crippen LogP contribution in [-0.2, 0) is 4.74 Å². The van der Waals surface area contributed by atoms with Crippen LogP contribution < -0.4 is 15.8 Å². The maximum atomic E-state index is 11.9. The summed E-state index contributed by atoms with van der Waals surface area (Å²) in [6.45, 7) is 2.63. The summed E-state index contributed by atoms with van der Waals surface area (Å²) in [7, 11) is 1.48. The van der Waals surface area contributed by atoms with Crippen LogP contribution in [0.25, 0.3) is 0 Å². The second-order valence-electron chi connectivity index (χ2n) is 4.04. The summed E-state index contributed by atoms with van der Waals surface area (Å²) in [6.07, 6.45) is -0.735. The van der Waals surface area contributed by atoms with Crippen LogP contribution >= 0.6 is 0 Å². The lowest BCUT2D eigenvalue weighted by Crippen LogP contribution is -2.34. The highest BCUT2D eigenvalue weighted by Gasteiger charge is 2.10. The molecule has 6 nitrogen and oxygen atoms in total. The number of nitrogens with one attached hydrogen (secondary N) is 1. The van der Waals surface area contributed by atoms with E-state index in [9.17, 15) is 9.90 Å². The molecule has 0 aliphatic carbocycles. The first-order valence-electron chi connectivity index (χ1n) is 6.05. The zero-order valence-corrected chi connectivity index (χ0v) is 11.2. The number of aliphatic hydroxyl groups is 1. The normalized spacial score (nSPS) is 11.9. The molecular weight excluding hydrogens is 248 g/mol. The monoisotopic (exact) mass is 268 g/mol. The van der Waals surface area contributed by atoms with E-state index in [4.69, 9.17) is 15.2 Å². The first kappa shape index (κ1) is 15.3. The molecule has 4 N–H and O–H groups in total. The van der Waals surface area contributed by atoms with Crippen molar-refractivity contribution in [2.75, 3.05) is 32.6 Å². The number of anilines is 1. The van der Waals surface area contributed by atoms with Crippen molar-refractivity contribution in [2.45, 2.75) is 13.0 Å². The van der Waals surface area contributed by atoms with Crippen LogP contribution in [0.15, 0.2) is 18.2 Å². The quantitative estimate of drug-likeness (QED) is 0.622. The van der Waals surface area contributed by atoms with Crippen molar-refractivity contribution in [1.82, 2.24) is 5.32 Å². The van der Waals surface area contributed by atoms with Crippen LogP contribution in [-0.4, -0.2) is 44.0 Å². The molecule has 1 unspecified atom stereocenters. The molecule has 0 aromatic heterocycles. The van der Waals surface area contributed by atoms with Crippen LogP contribution in [0.4, 0.5) is 5.69 Å². The molecule has 0 aliphatic heterocycles. The molecule has 0 radical (unpaired) electrons. The maximum absolute atomic E-state index is 11.9. The van der Waals surface area contributed by atoms with E-state index in [-0.39, 0.29) is 19.1 Å². The van der Waals surface area contributed by atoms with Crippen molar-refractivity contribution in [1.29, 1.82) is 0 Å². The molecule has 0 heterocycles. The number of amides is 1. The number of hydrogen-bond acceptors (Lipinski definition) is 5. The zero-order chi connectivity index (χ0) is 14.3. The lowest BCUT2D eigenvalue weighted by atomic mass is 10.1. The Balaban J connectivity index is 2.65. The Morgan fingerprint density at radius 1 is 1.47 bits per heavy atom. The van der Waals surface area contributed by atoms with Crippen molar-refractivity contribution in [3.63, 3.8) is 0 Å². The average molecular weight is 268 g/mol. The third-order valence-electron chi connectivity index (χ3n) is 2.36. The van der Waals surface area contributed by atoms with E-state index in [1.807, 2.05) is 6.92 Å². The minimum Gasteiger partial charge on any atom is -0.494 e. The molecule has 19 heavy (non-hydrogen) atoms. The minimum absolute atomic E-state index is 0.117. The van der Waals surface area contributed by atoms with Crippen molar-refractivity contribution >= 4 is 11.6 Å². The van der Waals surface area contributed by atoms with E-state index >= 15 is 0 Å². The molecule has 6 heteroatoms. The molecule has 0 spiro atoms. The van der Waals surface area contributed by atoms with Crippen LogP contribution in [0.5, 0.6) is 5.75 Å². The summed E-state index contributed by atoms with van der Waals surface area (Å²) >= 11 is 0. The van der Waals surface area contributed by atoms with Crippen LogP contribution in [0, 0.1) is 0 Å². The number of rotatable bonds is 7. The van der Waals surface area contributed by atoms with Gasteiger partial charge in [0, 0.05) is 31.0 Å². The molecule has 0 aliphatic rings. The van der Waals surface area contributed by atoms with Gasteiger partial charge in [-0.05, 0) is 19.1 Å². The van der Waals surface area contributed by atoms with Gasteiger partial charge in [-0.25, -0.2) is 0 Å². The summed E-state index contributed by atoms with van der Waals surface area (Å²) < 4.78 is 10.1. The molecule has 1 atom stereocenters. The zero-order valence-electron chi connectivity index (χ0n) is 11.2. The van der Waals surface area contributed by atoms with Crippen molar-refractivity contribution in [3.05, 3.63) is 23.8 Å². The fourth-order valence-corrected chi connectivity index (χ4v) is 1.57. The molecule has 1 rings (SSSR count). The Morgan fingerprint density at radius 3 is 2.84 bits per heavy atom. The third-order valence-corrected chi connectivity index (χ3v) is 2.36. The lowest BCUT2D eigenvalue weighted by Gasteiger charge is -2.12. The van der Waals surface area contributed by atoms with E-state index in [2.05, 4.69) is 5.32 Å². The highest BCUT2D eigenvalue weighted by Crippen LogP contribution is 2.18. The van der Waals surface area contributed by atoms with Gasteiger partial charge in [0.15, 0.2) is 0 Å². The summed E-state index contributed by atoms with van der Waals surface area (Å²) in [5, 5.41) is 12.0. The van der Waals surface area contributed by atoms with E-state index in [1.54, 1.807) is 18.2 Å². The lowest BCUT2D eigenvalue weighted by molar-refractivity contribution is 0.0609. The third kappa shape index (κ3) is 5.15. The molecule has 1 aromatic carbocycles. The first-order valence-corrected chi connectivity index (χ1v) is 6.05. The standard InChI is InChI=1S/C13H20N2O4/c1-3-19-12-5-9(4-10(14)6-12)13(17)15-7-11(16)8-18-2/h4-6,11,16H,3,7-8,14H2,1-2H3,(H,15,17). The van der Waals surface area contributed by atoms with Crippen LogP contribution in [0.1, 0.15) is 17.3 Å². The second kappa shape index (κ2) is 7.60. The number of methoxy groups -OCH3 is 1. The fraction of sp³-hybridized carbons (Fsp3) is 0.462. The van der Waals surface area contributed by atoms with Gasteiger partial charge in [-0.3, -0.25) is 4.79 Å². The van der Waals surface area contributed by atoms with E-state index < -0.39 is 6.10 Å². The number of hydrogen-bond donors (Lipinski definition) is 3. The number of ether oxygens (including phenoxy) is 2. The smallest absolute Gasteiger partial charge is 0.251 e. The minimum atomic E-state index is -0.735. The van der Waals surface area contributed by atoms with Gasteiger partial charge >= 0.3 is 0 Å². The number of aliphatic hydroxyl groups excluding tert-OH is 1. The number of benzene rings is 1. The summed E-state index contributed by atoms with van der Waals surface area (Å²) in [5.41, 5.74) is 6.55. The van der Waals surface area contributed by atoms with Gasteiger partial charge in [0.25, 0.3) is 5.91 Å². The molecule has 106 valence electrons. The molecule has 1 amide bonds. The Kier molecular flexibility index (Phi) is 6.11. The molecular formula is C13H20N2O4. The van der Waals surface area contributed by atoms with Gasteiger partial charge in [-0.2, -0.15) is 0 Å². The van der Waals surface area contributed by atoms with Gasteiger partial charge in [-0.15, -0.1) is 0 Å². The topological polar surface area (TPSA) is 93.8 Å². The Morgan fingerprint density at radius 2 is 2.21 bits per heavy atom. The molecule has 0 bridgehead atoms. The average Bonchev–Trinajstić information content (AvgIpc) is 2.36. The highest BCUT2D eigenvalue weighted by atomic mass is 16.5. The van der Waals surface area contributed by atoms with Gasteiger partial charge in [0.2, 0.25) is 0 Å². The van der Waals surface area contributed by atoms with Crippen molar-refractivity contribution in [3.8, 4) is 5.75 Å².